The molecule has 2 N–H and O–H groups in total. The summed E-state index contributed by atoms with van der Waals surface area (Å²) in [4.78, 5) is 7.15. The highest BCUT2D eigenvalue weighted by Crippen LogP contribution is 2.26. The van der Waals surface area contributed by atoms with E-state index in [-0.39, 0.29) is 11.7 Å². The van der Waals surface area contributed by atoms with Gasteiger partial charge in [-0.25, -0.2) is 4.39 Å². The van der Waals surface area contributed by atoms with Crippen LogP contribution in [0.4, 0.5) is 4.39 Å². The summed E-state index contributed by atoms with van der Waals surface area (Å²) < 4.78 is 13.3. The van der Waals surface area contributed by atoms with E-state index in [0.29, 0.717) is 23.0 Å². The number of hydrogen-bond acceptors (Lipinski definition) is 2. The van der Waals surface area contributed by atoms with Gasteiger partial charge in [0, 0.05) is 17.1 Å². The molecule has 0 atom stereocenters. The third kappa shape index (κ3) is 2.79. The molecule has 0 unspecified atom stereocenters. The van der Waals surface area contributed by atoms with Gasteiger partial charge in [0.2, 0.25) is 0 Å². The Hall–Kier alpha value is -2.62. The molecule has 0 bridgehead atoms. The zero-order valence-corrected chi connectivity index (χ0v) is 11.6. The number of rotatable bonds is 3. The van der Waals surface area contributed by atoms with Crippen LogP contribution in [0.15, 0.2) is 47.5 Å². The molecule has 0 saturated heterocycles. The van der Waals surface area contributed by atoms with Gasteiger partial charge in [0.05, 0.1) is 12.1 Å². The zero-order valence-electron chi connectivity index (χ0n) is 11.6. The lowest BCUT2D eigenvalue weighted by Gasteiger charge is -1.98. The van der Waals surface area contributed by atoms with E-state index < -0.39 is 0 Å². The number of nitrogens with one attached hydrogen (secondary N) is 1. The lowest BCUT2D eigenvalue weighted by atomic mass is 10.1. The fourth-order valence-corrected chi connectivity index (χ4v) is 2.35. The summed E-state index contributed by atoms with van der Waals surface area (Å²) in [6.07, 6.45) is 1.58. The zero-order chi connectivity index (χ0) is 14.8. The highest BCUT2D eigenvalue weighted by molar-refractivity contribution is 6.01. The fraction of sp³-hybridized carbons (Fsp3) is 0.118. The minimum Gasteiger partial charge on any atom is -0.494 e. The molecule has 0 amide bonds. The lowest BCUT2D eigenvalue weighted by molar-refractivity contribution is 0.457. The number of H-pyrrole nitrogens is 1. The first-order valence-electron chi connectivity index (χ1n) is 6.69. The topological polar surface area (TPSA) is 48.4 Å². The maximum atomic E-state index is 13.3. The minimum atomic E-state index is -0.338. The lowest BCUT2D eigenvalue weighted by Crippen LogP contribution is -1.85. The SMILES string of the molecule is Cc1cccc(CN=Cc2c(O)[nH]c3ccc(F)cc23)c1. The molecule has 0 fully saturated rings. The van der Waals surface area contributed by atoms with Gasteiger partial charge >= 0.3 is 0 Å². The van der Waals surface area contributed by atoms with E-state index in [1.54, 1.807) is 12.3 Å². The van der Waals surface area contributed by atoms with E-state index in [1.165, 1.54) is 17.7 Å². The van der Waals surface area contributed by atoms with Crippen molar-refractivity contribution in [2.45, 2.75) is 13.5 Å². The molecule has 0 radical (unpaired) electrons. The van der Waals surface area contributed by atoms with E-state index in [4.69, 9.17) is 0 Å². The van der Waals surface area contributed by atoms with Crippen molar-refractivity contribution in [1.82, 2.24) is 4.98 Å². The van der Waals surface area contributed by atoms with Gasteiger partial charge in [0.25, 0.3) is 0 Å². The van der Waals surface area contributed by atoms with Crippen LogP contribution in [-0.4, -0.2) is 16.3 Å². The van der Waals surface area contributed by atoms with Gasteiger partial charge in [-0.05, 0) is 30.7 Å². The van der Waals surface area contributed by atoms with Crippen molar-refractivity contribution < 1.29 is 9.50 Å². The first kappa shape index (κ1) is 13.4. The molecule has 0 aliphatic heterocycles. The molecule has 0 aliphatic rings. The highest BCUT2D eigenvalue weighted by Gasteiger charge is 2.09. The number of fused-ring (bicyclic) bond motifs is 1. The smallest absolute Gasteiger partial charge is 0.198 e. The molecule has 3 aromatic rings. The number of hydrogen-bond donors (Lipinski definition) is 2. The van der Waals surface area contributed by atoms with Crippen LogP contribution in [0.2, 0.25) is 0 Å². The van der Waals surface area contributed by atoms with Gasteiger partial charge in [-0.2, -0.15) is 0 Å². The van der Waals surface area contributed by atoms with Crippen LogP contribution in [0, 0.1) is 12.7 Å². The number of benzene rings is 2. The van der Waals surface area contributed by atoms with Crippen molar-refractivity contribution >= 4 is 17.1 Å². The van der Waals surface area contributed by atoms with E-state index in [2.05, 4.69) is 16.0 Å². The second-order valence-corrected chi connectivity index (χ2v) is 5.04. The molecule has 0 spiro atoms. The van der Waals surface area contributed by atoms with E-state index in [0.717, 1.165) is 5.56 Å². The number of aliphatic imine (C=N–C) groups is 1. The maximum absolute atomic E-state index is 13.3. The molecule has 1 aromatic heterocycles. The van der Waals surface area contributed by atoms with Crippen molar-refractivity contribution in [1.29, 1.82) is 0 Å². The largest absolute Gasteiger partial charge is 0.494 e. The first-order valence-corrected chi connectivity index (χ1v) is 6.69. The Labute approximate surface area is 121 Å². The summed E-state index contributed by atoms with van der Waals surface area (Å²) in [6.45, 7) is 2.55. The van der Waals surface area contributed by atoms with Crippen LogP contribution < -0.4 is 0 Å². The fourth-order valence-electron chi connectivity index (χ4n) is 2.35. The van der Waals surface area contributed by atoms with Crippen LogP contribution in [0.5, 0.6) is 5.88 Å². The molecule has 21 heavy (non-hydrogen) atoms. The average molecular weight is 282 g/mol. The number of halogens is 1. The number of aryl methyl sites for hydroxylation is 1. The van der Waals surface area contributed by atoms with Gasteiger partial charge < -0.3 is 10.1 Å². The van der Waals surface area contributed by atoms with Crippen molar-refractivity contribution in [3.8, 4) is 5.88 Å². The standard InChI is InChI=1S/C17H15FN2O/c1-11-3-2-4-12(7-11)9-19-10-15-14-8-13(18)5-6-16(14)20-17(15)21/h2-8,10,20-21H,9H2,1H3. The van der Waals surface area contributed by atoms with Crippen LogP contribution in [0.3, 0.4) is 0 Å². The summed E-state index contributed by atoms with van der Waals surface area (Å²) in [5.74, 6) is -0.335. The average Bonchev–Trinajstić information content (AvgIpc) is 2.75. The van der Waals surface area contributed by atoms with Gasteiger partial charge in [0.15, 0.2) is 5.88 Å². The normalized spacial score (nSPS) is 11.5. The van der Waals surface area contributed by atoms with Gasteiger partial charge in [-0.1, -0.05) is 29.8 Å². The molecule has 3 rings (SSSR count). The van der Waals surface area contributed by atoms with Crippen molar-refractivity contribution in [3.05, 3.63) is 65.0 Å². The van der Waals surface area contributed by atoms with Gasteiger partial charge in [-0.15, -0.1) is 0 Å². The summed E-state index contributed by atoms with van der Waals surface area (Å²) in [5, 5.41) is 10.5. The number of aromatic nitrogens is 1. The number of aromatic hydroxyl groups is 1. The molecular weight excluding hydrogens is 267 g/mol. The first-order chi connectivity index (χ1) is 10.1. The predicted octanol–water partition coefficient (Wildman–Crippen LogP) is 3.94. The molecule has 106 valence electrons. The van der Waals surface area contributed by atoms with Crippen LogP contribution >= 0.6 is 0 Å². The Balaban J connectivity index is 1.89. The van der Waals surface area contributed by atoms with Crippen molar-refractivity contribution in [3.63, 3.8) is 0 Å². The third-order valence-electron chi connectivity index (χ3n) is 3.36. The Kier molecular flexibility index (Phi) is 3.44. The predicted molar refractivity (Wildman–Crippen MR) is 82.4 cm³/mol. The Morgan fingerprint density at radius 3 is 2.90 bits per heavy atom. The molecule has 4 heteroatoms. The number of aromatic amines is 1. The van der Waals surface area contributed by atoms with Crippen LogP contribution in [0.1, 0.15) is 16.7 Å². The molecular formula is C17H15FN2O. The van der Waals surface area contributed by atoms with E-state index >= 15 is 0 Å². The van der Waals surface area contributed by atoms with Crippen LogP contribution in [-0.2, 0) is 6.54 Å². The summed E-state index contributed by atoms with van der Waals surface area (Å²) in [5.41, 5.74) is 3.47. The molecule has 0 saturated carbocycles. The van der Waals surface area contributed by atoms with Gasteiger partial charge in [0.1, 0.15) is 5.82 Å². The molecule has 1 heterocycles. The van der Waals surface area contributed by atoms with Crippen LogP contribution in [0.25, 0.3) is 10.9 Å². The van der Waals surface area contributed by atoms with Crippen molar-refractivity contribution in [2.24, 2.45) is 4.99 Å². The minimum absolute atomic E-state index is 0.00333. The molecule has 0 aliphatic carbocycles. The quantitative estimate of drug-likeness (QED) is 0.702. The summed E-state index contributed by atoms with van der Waals surface area (Å²) in [6, 6.07) is 12.4. The van der Waals surface area contributed by atoms with Gasteiger partial charge in [-0.3, -0.25) is 4.99 Å². The Morgan fingerprint density at radius 2 is 2.10 bits per heavy atom. The van der Waals surface area contributed by atoms with E-state index in [1.807, 2.05) is 25.1 Å². The monoisotopic (exact) mass is 282 g/mol. The third-order valence-corrected chi connectivity index (χ3v) is 3.36. The maximum Gasteiger partial charge on any atom is 0.198 e. The summed E-state index contributed by atoms with van der Waals surface area (Å²) >= 11 is 0. The highest BCUT2D eigenvalue weighted by atomic mass is 19.1. The summed E-state index contributed by atoms with van der Waals surface area (Å²) in [7, 11) is 0. The second kappa shape index (κ2) is 5.40. The van der Waals surface area contributed by atoms with E-state index in [9.17, 15) is 9.50 Å². The molecule has 2 aromatic carbocycles. The second-order valence-electron chi connectivity index (χ2n) is 5.04. The number of nitrogens with zero attached hydrogens (tertiary/aromatic N) is 1. The molecule has 3 nitrogen and oxygen atoms in total. The Morgan fingerprint density at radius 1 is 1.24 bits per heavy atom. The van der Waals surface area contributed by atoms with Crippen molar-refractivity contribution in [2.75, 3.05) is 0 Å². The Bertz CT molecular complexity index is 821.